The molecule has 1 aromatic rings. The van der Waals surface area contributed by atoms with Crippen molar-refractivity contribution in [3.63, 3.8) is 0 Å². The second-order valence-electron chi connectivity index (χ2n) is 3.01. The second-order valence-corrected chi connectivity index (χ2v) is 3.01. The van der Waals surface area contributed by atoms with Gasteiger partial charge in [-0.15, -0.1) is 0 Å². The van der Waals surface area contributed by atoms with Crippen LogP contribution in [-0.4, -0.2) is 23.9 Å². The lowest BCUT2D eigenvalue weighted by atomic mass is 10.2. The highest BCUT2D eigenvalue weighted by Crippen LogP contribution is 2.22. The van der Waals surface area contributed by atoms with Gasteiger partial charge < -0.3 is 9.84 Å². The monoisotopic (exact) mass is 234 g/mol. The van der Waals surface area contributed by atoms with Crippen LogP contribution in [0.25, 0.3) is 0 Å². The molecule has 0 spiro atoms. The molecule has 0 fully saturated rings. The van der Waals surface area contributed by atoms with E-state index >= 15 is 0 Å². The number of hydrogen-bond acceptors (Lipinski definition) is 2. The van der Waals surface area contributed by atoms with Gasteiger partial charge in [0.15, 0.2) is 0 Å². The molecule has 0 saturated carbocycles. The number of aromatic carboxylic acids is 1. The first-order chi connectivity index (χ1) is 7.40. The van der Waals surface area contributed by atoms with Crippen molar-refractivity contribution in [2.24, 2.45) is 0 Å². The highest BCUT2D eigenvalue weighted by Gasteiger charge is 2.27. The van der Waals surface area contributed by atoms with E-state index in [9.17, 15) is 18.0 Å². The quantitative estimate of drug-likeness (QED) is 0.871. The van der Waals surface area contributed by atoms with E-state index in [-0.39, 0.29) is 11.3 Å². The summed E-state index contributed by atoms with van der Waals surface area (Å²) in [7, 11) is 0. The topological polar surface area (TPSA) is 46.5 Å². The number of carboxylic acid groups (broad SMARTS) is 1. The fraction of sp³-hybridized carbons (Fsp3) is 0.300. The van der Waals surface area contributed by atoms with Crippen molar-refractivity contribution in [1.29, 1.82) is 0 Å². The van der Waals surface area contributed by atoms with E-state index in [1.807, 2.05) is 0 Å². The highest BCUT2D eigenvalue weighted by atomic mass is 19.4. The van der Waals surface area contributed by atoms with Gasteiger partial charge in [-0.3, -0.25) is 0 Å². The maximum absolute atomic E-state index is 11.8. The van der Waals surface area contributed by atoms with Gasteiger partial charge in [0.25, 0.3) is 0 Å². The molecular formula is C10H9F3O3. The zero-order valence-corrected chi connectivity index (χ0v) is 8.12. The summed E-state index contributed by atoms with van der Waals surface area (Å²) >= 11 is 0. The van der Waals surface area contributed by atoms with E-state index in [1.54, 1.807) is 0 Å². The first kappa shape index (κ1) is 12.4. The molecule has 0 aliphatic heterocycles. The molecule has 0 unspecified atom stereocenters. The van der Waals surface area contributed by atoms with Gasteiger partial charge in [0, 0.05) is 0 Å². The fourth-order valence-corrected chi connectivity index (χ4v) is 1.05. The van der Waals surface area contributed by atoms with E-state index < -0.39 is 25.2 Å². The van der Waals surface area contributed by atoms with Crippen molar-refractivity contribution in [2.45, 2.75) is 12.6 Å². The zero-order valence-electron chi connectivity index (χ0n) is 8.12. The molecule has 0 aromatic heterocycles. The van der Waals surface area contributed by atoms with Crippen molar-refractivity contribution in [3.8, 4) is 5.75 Å². The molecule has 3 nitrogen and oxygen atoms in total. The number of benzene rings is 1. The summed E-state index contributed by atoms with van der Waals surface area (Å²) in [6, 6.07) is 5.56. The van der Waals surface area contributed by atoms with Gasteiger partial charge in [0.05, 0.1) is 13.0 Å². The van der Waals surface area contributed by atoms with Crippen LogP contribution in [0.1, 0.15) is 16.8 Å². The Morgan fingerprint density at radius 3 is 2.50 bits per heavy atom. The first-order valence-electron chi connectivity index (χ1n) is 4.42. The molecule has 0 heterocycles. The number of rotatable bonds is 4. The third-order valence-corrected chi connectivity index (χ3v) is 1.76. The van der Waals surface area contributed by atoms with Crippen LogP contribution in [0.15, 0.2) is 24.3 Å². The number of halogens is 3. The molecule has 0 bridgehead atoms. The number of hydrogen-bond donors (Lipinski definition) is 1. The lowest BCUT2D eigenvalue weighted by Gasteiger charge is -2.10. The maximum atomic E-state index is 11.8. The van der Waals surface area contributed by atoms with Crippen molar-refractivity contribution in [3.05, 3.63) is 29.8 Å². The summed E-state index contributed by atoms with van der Waals surface area (Å²) in [6.07, 6.45) is -5.42. The number of carbonyl (C=O) groups is 1. The van der Waals surface area contributed by atoms with Crippen molar-refractivity contribution in [1.82, 2.24) is 0 Å². The predicted molar refractivity (Wildman–Crippen MR) is 49.6 cm³/mol. The van der Waals surface area contributed by atoms with Crippen molar-refractivity contribution in [2.75, 3.05) is 6.61 Å². The minimum Gasteiger partial charge on any atom is -0.492 e. The predicted octanol–water partition coefficient (Wildman–Crippen LogP) is 2.72. The number of ether oxygens (including phenoxy) is 1. The largest absolute Gasteiger partial charge is 0.492 e. The third kappa shape index (κ3) is 3.80. The summed E-state index contributed by atoms with van der Waals surface area (Å²) in [4.78, 5) is 10.7. The molecule has 1 N–H and O–H groups in total. The van der Waals surface area contributed by atoms with Crippen LogP contribution >= 0.6 is 0 Å². The molecule has 0 amide bonds. The lowest BCUT2D eigenvalue weighted by Crippen LogP contribution is -2.14. The Bertz CT molecular complexity index is 374. The van der Waals surface area contributed by atoms with Crippen molar-refractivity contribution >= 4 is 5.97 Å². The van der Waals surface area contributed by atoms with E-state index in [4.69, 9.17) is 9.84 Å². The average Bonchev–Trinajstić information content (AvgIpc) is 2.16. The Morgan fingerprint density at radius 1 is 1.31 bits per heavy atom. The smallest absolute Gasteiger partial charge is 0.392 e. The molecule has 0 radical (unpaired) electrons. The maximum Gasteiger partial charge on any atom is 0.392 e. The summed E-state index contributed by atoms with van der Waals surface area (Å²) in [6.45, 7) is -0.589. The second kappa shape index (κ2) is 4.87. The first-order valence-corrected chi connectivity index (χ1v) is 4.42. The Morgan fingerprint density at radius 2 is 1.94 bits per heavy atom. The molecule has 0 atom stereocenters. The molecule has 88 valence electrons. The molecule has 6 heteroatoms. The summed E-state index contributed by atoms with van der Waals surface area (Å²) < 4.78 is 40.2. The van der Waals surface area contributed by atoms with Gasteiger partial charge in [-0.25, -0.2) is 4.79 Å². The molecular weight excluding hydrogens is 225 g/mol. The van der Waals surface area contributed by atoms with Crippen LogP contribution in [0, 0.1) is 0 Å². The van der Waals surface area contributed by atoms with Gasteiger partial charge in [0.2, 0.25) is 0 Å². The van der Waals surface area contributed by atoms with E-state index in [0.29, 0.717) is 0 Å². The van der Waals surface area contributed by atoms with E-state index in [0.717, 1.165) is 0 Å². The van der Waals surface area contributed by atoms with Gasteiger partial charge in [0.1, 0.15) is 11.3 Å². The Hall–Kier alpha value is -1.72. The summed E-state index contributed by atoms with van der Waals surface area (Å²) in [5.41, 5.74) is -0.148. The normalized spacial score (nSPS) is 11.2. The summed E-state index contributed by atoms with van der Waals surface area (Å²) in [5.74, 6) is -1.29. The van der Waals surface area contributed by atoms with Crippen LogP contribution in [-0.2, 0) is 0 Å². The molecule has 1 aromatic carbocycles. The summed E-state index contributed by atoms with van der Waals surface area (Å²) in [5, 5.41) is 8.72. The third-order valence-electron chi connectivity index (χ3n) is 1.76. The number of para-hydroxylation sites is 1. The van der Waals surface area contributed by atoms with E-state index in [1.165, 1.54) is 24.3 Å². The lowest BCUT2D eigenvalue weighted by molar-refractivity contribution is -0.139. The molecule has 0 aliphatic rings. The van der Waals surface area contributed by atoms with Gasteiger partial charge in [-0.05, 0) is 12.1 Å². The Labute approximate surface area is 89.5 Å². The fourth-order valence-electron chi connectivity index (χ4n) is 1.05. The molecule has 0 aliphatic carbocycles. The number of carboxylic acids is 1. The van der Waals surface area contributed by atoms with Crippen LogP contribution in [0.4, 0.5) is 13.2 Å². The minimum absolute atomic E-state index is 0.0562. The van der Waals surface area contributed by atoms with Gasteiger partial charge >= 0.3 is 12.1 Å². The van der Waals surface area contributed by atoms with Crippen LogP contribution in [0.2, 0.25) is 0 Å². The van der Waals surface area contributed by atoms with Crippen LogP contribution in [0.3, 0.4) is 0 Å². The number of alkyl halides is 3. The Balaban J connectivity index is 2.64. The van der Waals surface area contributed by atoms with Gasteiger partial charge in [-0.1, -0.05) is 12.1 Å². The zero-order chi connectivity index (χ0) is 12.2. The average molecular weight is 234 g/mol. The van der Waals surface area contributed by atoms with E-state index in [2.05, 4.69) is 0 Å². The SMILES string of the molecule is O=C(O)c1ccccc1OCCC(F)(F)F. The van der Waals surface area contributed by atoms with Crippen molar-refractivity contribution < 1.29 is 27.8 Å². The minimum atomic E-state index is -4.31. The van der Waals surface area contributed by atoms with Crippen LogP contribution < -0.4 is 4.74 Å². The highest BCUT2D eigenvalue weighted by molar-refractivity contribution is 5.90. The van der Waals surface area contributed by atoms with Gasteiger partial charge in [-0.2, -0.15) is 13.2 Å². The molecule has 1 rings (SSSR count). The molecule has 0 saturated heterocycles. The standard InChI is InChI=1S/C10H9F3O3/c11-10(12,13)5-6-16-8-4-2-1-3-7(8)9(14)15/h1-4H,5-6H2,(H,14,15). The van der Waals surface area contributed by atoms with Crippen LogP contribution in [0.5, 0.6) is 5.75 Å². The Kier molecular flexibility index (Phi) is 3.76. The molecule has 16 heavy (non-hydrogen) atoms.